The van der Waals surface area contributed by atoms with Crippen molar-refractivity contribution in [3.05, 3.63) is 99.9 Å². The van der Waals surface area contributed by atoms with E-state index in [1.165, 1.54) is 22.3 Å². The molecule has 0 spiro atoms. The van der Waals surface area contributed by atoms with Gasteiger partial charge in [0.1, 0.15) is 5.00 Å². The Balaban J connectivity index is 1.68. The Morgan fingerprint density at radius 2 is 1.71 bits per heavy atom. The minimum Gasteiger partial charge on any atom is -0.365 e. The molecule has 0 aliphatic carbocycles. The number of nitrogens with two attached hydrogens (primary N) is 1. The van der Waals surface area contributed by atoms with Crippen molar-refractivity contribution >= 4 is 39.2 Å². The lowest BCUT2D eigenvalue weighted by molar-refractivity contribution is 0.100. The number of hydrogen-bond acceptors (Lipinski definition) is 3. The summed E-state index contributed by atoms with van der Waals surface area (Å²) in [6, 6.07) is 24.6. The van der Waals surface area contributed by atoms with Crippen molar-refractivity contribution in [2.75, 3.05) is 0 Å². The van der Waals surface area contributed by atoms with Gasteiger partial charge in [-0.05, 0) is 40.5 Å². The molecule has 0 aliphatic rings. The predicted octanol–water partition coefficient (Wildman–Crippen LogP) is 5.65. The molecule has 0 bridgehead atoms. The number of carbonyl (C=O) groups excluding carboxylic acids is 1. The maximum Gasteiger partial charge on any atom is 0.252 e. The summed E-state index contributed by atoms with van der Waals surface area (Å²) >= 11 is 1.53. The van der Waals surface area contributed by atoms with Gasteiger partial charge in [0.25, 0.3) is 5.91 Å². The maximum atomic E-state index is 12.0. The number of hydrogen-bond donors (Lipinski definition) is 1. The van der Waals surface area contributed by atoms with Gasteiger partial charge in [-0.2, -0.15) is 0 Å². The van der Waals surface area contributed by atoms with E-state index in [-0.39, 0.29) is 0 Å². The minimum atomic E-state index is -0.432. The van der Waals surface area contributed by atoms with Crippen LogP contribution in [0.15, 0.2) is 77.8 Å². The highest BCUT2D eigenvalue weighted by molar-refractivity contribution is 7.16. The van der Waals surface area contributed by atoms with Crippen LogP contribution in [0.4, 0.5) is 5.00 Å². The Bertz CT molecular complexity index is 1180. The second-order valence-electron chi connectivity index (χ2n) is 6.72. The molecule has 0 unspecified atom stereocenters. The number of aliphatic imine (C=N–C) groups is 1. The Kier molecular flexibility index (Phi) is 5.04. The van der Waals surface area contributed by atoms with Gasteiger partial charge >= 0.3 is 0 Å². The molecule has 0 saturated carbocycles. The summed E-state index contributed by atoms with van der Waals surface area (Å²) < 4.78 is 0. The van der Waals surface area contributed by atoms with E-state index in [1.807, 2.05) is 43.3 Å². The van der Waals surface area contributed by atoms with Crippen LogP contribution in [0.2, 0.25) is 0 Å². The van der Waals surface area contributed by atoms with Crippen LogP contribution in [0.3, 0.4) is 0 Å². The van der Waals surface area contributed by atoms with E-state index in [0.29, 0.717) is 10.6 Å². The Morgan fingerprint density at radius 3 is 2.46 bits per heavy atom. The van der Waals surface area contributed by atoms with Crippen molar-refractivity contribution in [3.63, 3.8) is 0 Å². The molecular weight excluding hydrogens is 364 g/mol. The Morgan fingerprint density at radius 1 is 1.00 bits per heavy atom. The quantitative estimate of drug-likeness (QED) is 0.444. The summed E-state index contributed by atoms with van der Waals surface area (Å²) in [7, 11) is 0. The number of amides is 1. The van der Waals surface area contributed by atoms with E-state index < -0.39 is 5.91 Å². The van der Waals surface area contributed by atoms with E-state index in [9.17, 15) is 4.79 Å². The third kappa shape index (κ3) is 3.73. The first-order valence-electron chi connectivity index (χ1n) is 9.10. The number of fused-ring (bicyclic) bond motifs is 1. The maximum absolute atomic E-state index is 12.0. The molecule has 3 nitrogen and oxygen atoms in total. The van der Waals surface area contributed by atoms with E-state index in [1.54, 1.807) is 6.21 Å². The summed E-state index contributed by atoms with van der Waals surface area (Å²) in [5.74, 6) is -0.432. The summed E-state index contributed by atoms with van der Waals surface area (Å²) in [4.78, 5) is 17.8. The molecule has 0 atom stereocenters. The van der Waals surface area contributed by atoms with Gasteiger partial charge in [0.2, 0.25) is 0 Å². The van der Waals surface area contributed by atoms with Crippen LogP contribution in [0.25, 0.3) is 10.8 Å². The van der Waals surface area contributed by atoms with Gasteiger partial charge in [0.15, 0.2) is 0 Å². The molecule has 4 rings (SSSR count). The third-order valence-corrected chi connectivity index (χ3v) is 5.99. The highest BCUT2D eigenvalue weighted by Gasteiger charge is 2.18. The van der Waals surface area contributed by atoms with Gasteiger partial charge in [0, 0.05) is 17.5 Å². The molecule has 0 aliphatic heterocycles. The van der Waals surface area contributed by atoms with Crippen LogP contribution < -0.4 is 5.73 Å². The molecule has 1 amide bonds. The molecule has 138 valence electrons. The second kappa shape index (κ2) is 7.79. The van der Waals surface area contributed by atoms with Crippen LogP contribution in [0, 0.1) is 6.92 Å². The number of thiophene rings is 1. The number of carbonyl (C=O) groups is 1. The third-order valence-electron chi connectivity index (χ3n) is 4.79. The first kappa shape index (κ1) is 18.1. The first-order chi connectivity index (χ1) is 13.6. The van der Waals surface area contributed by atoms with Gasteiger partial charge in [0.05, 0.1) is 5.56 Å². The SMILES string of the molecule is Cc1c(Cc2ccccc2)sc(N=Cc2ccc3ccccc3c2)c1C(N)=O. The van der Waals surface area contributed by atoms with Gasteiger partial charge in [-0.3, -0.25) is 4.79 Å². The summed E-state index contributed by atoms with van der Waals surface area (Å²) in [5.41, 5.74) is 9.30. The van der Waals surface area contributed by atoms with Crippen molar-refractivity contribution in [1.82, 2.24) is 0 Å². The highest BCUT2D eigenvalue weighted by atomic mass is 32.1. The topological polar surface area (TPSA) is 55.4 Å². The molecule has 1 aromatic heterocycles. The molecule has 4 aromatic rings. The molecule has 0 fully saturated rings. The van der Waals surface area contributed by atoms with Crippen LogP contribution in [0.1, 0.15) is 31.9 Å². The van der Waals surface area contributed by atoms with Crippen LogP contribution in [0.5, 0.6) is 0 Å². The highest BCUT2D eigenvalue weighted by Crippen LogP contribution is 2.36. The van der Waals surface area contributed by atoms with Crippen molar-refractivity contribution < 1.29 is 4.79 Å². The monoisotopic (exact) mass is 384 g/mol. The molecule has 28 heavy (non-hydrogen) atoms. The van der Waals surface area contributed by atoms with Crippen molar-refractivity contribution in [3.8, 4) is 0 Å². The average molecular weight is 385 g/mol. The van der Waals surface area contributed by atoms with Crippen molar-refractivity contribution in [2.45, 2.75) is 13.3 Å². The zero-order chi connectivity index (χ0) is 19.5. The molecule has 3 aromatic carbocycles. The standard InChI is InChI=1S/C24H20N2OS/c1-16-21(14-17-7-3-2-4-8-17)28-24(22(16)23(25)27)26-15-18-11-12-19-9-5-6-10-20(19)13-18/h2-13,15H,14H2,1H3,(H2,25,27). The predicted molar refractivity (Wildman–Crippen MR) is 118 cm³/mol. The number of rotatable bonds is 5. The minimum absolute atomic E-state index is 0.432. The Hall–Kier alpha value is -3.24. The molecular formula is C24H20N2OS. The average Bonchev–Trinajstić information content (AvgIpc) is 3.02. The van der Waals surface area contributed by atoms with Gasteiger partial charge in [-0.25, -0.2) is 4.99 Å². The van der Waals surface area contributed by atoms with Crippen LogP contribution in [-0.4, -0.2) is 12.1 Å². The van der Waals surface area contributed by atoms with Crippen molar-refractivity contribution in [2.24, 2.45) is 10.7 Å². The van der Waals surface area contributed by atoms with Gasteiger partial charge in [-0.1, -0.05) is 66.7 Å². The largest absolute Gasteiger partial charge is 0.365 e. The summed E-state index contributed by atoms with van der Waals surface area (Å²) in [5, 5.41) is 3.02. The van der Waals surface area contributed by atoms with Crippen molar-refractivity contribution in [1.29, 1.82) is 0 Å². The second-order valence-corrected chi connectivity index (χ2v) is 7.81. The number of benzene rings is 3. The lowest BCUT2D eigenvalue weighted by atomic mass is 10.1. The van der Waals surface area contributed by atoms with E-state index >= 15 is 0 Å². The number of primary amides is 1. The molecule has 0 saturated heterocycles. The smallest absolute Gasteiger partial charge is 0.252 e. The van der Waals surface area contributed by atoms with Gasteiger partial charge in [-0.15, -0.1) is 11.3 Å². The Labute approximate surface area is 168 Å². The normalized spacial score (nSPS) is 11.3. The molecule has 1 heterocycles. The van der Waals surface area contributed by atoms with Gasteiger partial charge < -0.3 is 5.73 Å². The fourth-order valence-corrected chi connectivity index (χ4v) is 4.48. The molecule has 2 N–H and O–H groups in total. The van der Waals surface area contributed by atoms with E-state index in [2.05, 4.69) is 41.4 Å². The van der Waals surface area contributed by atoms with Crippen LogP contribution >= 0.6 is 11.3 Å². The number of nitrogens with zero attached hydrogens (tertiary/aromatic N) is 1. The fraction of sp³-hybridized carbons (Fsp3) is 0.0833. The lowest BCUT2D eigenvalue weighted by Gasteiger charge is -2.00. The van der Waals surface area contributed by atoms with E-state index in [4.69, 9.17) is 5.73 Å². The lowest BCUT2D eigenvalue weighted by Crippen LogP contribution is -2.11. The summed E-state index contributed by atoms with van der Waals surface area (Å²) in [6.07, 6.45) is 2.57. The fourth-order valence-electron chi connectivity index (χ4n) is 3.30. The molecule has 0 radical (unpaired) electrons. The first-order valence-corrected chi connectivity index (χ1v) is 9.92. The zero-order valence-electron chi connectivity index (χ0n) is 15.6. The summed E-state index contributed by atoms with van der Waals surface area (Å²) in [6.45, 7) is 1.95. The zero-order valence-corrected chi connectivity index (χ0v) is 16.4. The van der Waals surface area contributed by atoms with E-state index in [0.717, 1.165) is 27.8 Å². The molecule has 4 heteroatoms. The van der Waals surface area contributed by atoms with Crippen LogP contribution in [-0.2, 0) is 6.42 Å².